The van der Waals surface area contributed by atoms with Crippen LogP contribution in [-0.2, 0) is 11.2 Å². The highest BCUT2D eigenvalue weighted by Crippen LogP contribution is 2.25. The van der Waals surface area contributed by atoms with Crippen LogP contribution in [0.4, 0.5) is 17.1 Å². The van der Waals surface area contributed by atoms with Crippen LogP contribution >= 0.6 is 0 Å². The summed E-state index contributed by atoms with van der Waals surface area (Å²) in [4.78, 5) is 22.0. The lowest BCUT2D eigenvalue weighted by Crippen LogP contribution is -2.12. The van der Waals surface area contributed by atoms with Gasteiger partial charge in [0.25, 0.3) is 5.69 Å². The molecular weight excluding hydrogens is 356 g/mol. The molecule has 3 rings (SSSR count). The van der Waals surface area contributed by atoms with Crippen molar-refractivity contribution >= 4 is 23.0 Å². The number of benzene rings is 3. The minimum atomic E-state index is -0.884. The van der Waals surface area contributed by atoms with Crippen molar-refractivity contribution in [3.05, 3.63) is 100 Å². The number of nitrogens with one attached hydrogen (secondary N) is 1. The Labute approximate surface area is 162 Å². The van der Waals surface area contributed by atoms with Crippen molar-refractivity contribution in [1.29, 1.82) is 0 Å². The minimum absolute atomic E-state index is 0.0278. The number of anilines is 2. The molecule has 0 aliphatic rings. The van der Waals surface area contributed by atoms with Crippen molar-refractivity contribution in [1.82, 2.24) is 0 Å². The highest BCUT2D eigenvalue weighted by atomic mass is 16.6. The van der Waals surface area contributed by atoms with Crippen molar-refractivity contribution in [3.8, 4) is 0 Å². The molecule has 28 heavy (non-hydrogen) atoms. The van der Waals surface area contributed by atoms with E-state index in [2.05, 4.69) is 5.32 Å². The third kappa shape index (κ3) is 4.94. The van der Waals surface area contributed by atoms with Crippen LogP contribution in [0.2, 0.25) is 0 Å². The van der Waals surface area contributed by atoms with E-state index in [0.717, 1.165) is 22.5 Å². The number of aryl methyl sites for hydroxylation is 1. The molecule has 0 saturated carbocycles. The van der Waals surface area contributed by atoms with Crippen LogP contribution in [0.25, 0.3) is 0 Å². The summed E-state index contributed by atoms with van der Waals surface area (Å²) in [5, 5.41) is 23.6. The second-order valence-electron chi connectivity index (χ2n) is 6.47. The molecule has 0 amide bonds. The standard InChI is InChI=1S/C22H20N2O4/c25-22(26)21(15-8-16-6-13-20(14-7-16)24(27)28)17-9-11-19(12-10-17)23-18-4-2-1-3-5-18/h1-7,9-14,21,23H,8,15H2,(H,25,26). The number of aliphatic carboxylic acids is 1. The summed E-state index contributed by atoms with van der Waals surface area (Å²) >= 11 is 0. The van der Waals surface area contributed by atoms with Gasteiger partial charge < -0.3 is 10.4 Å². The van der Waals surface area contributed by atoms with Crippen molar-refractivity contribution < 1.29 is 14.8 Å². The van der Waals surface area contributed by atoms with Crippen LogP contribution in [-0.4, -0.2) is 16.0 Å². The van der Waals surface area contributed by atoms with Crippen LogP contribution in [0.15, 0.2) is 78.9 Å². The van der Waals surface area contributed by atoms with Crippen molar-refractivity contribution in [3.63, 3.8) is 0 Å². The molecule has 3 aromatic rings. The molecule has 1 unspecified atom stereocenters. The maximum absolute atomic E-state index is 11.7. The monoisotopic (exact) mass is 376 g/mol. The van der Waals surface area contributed by atoms with Gasteiger partial charge in [0.15, 0.2) is 0 Å². The van der Waals surface area contributed by atoms with E-state index < -0.39 is 16.8 Å². The summed E-state index contributed by atoms with van der Waals surface area (Å²) in [5.74, 6) is -1.52. The summed E-state index contributed by atoms with van der Waals surface area (Å²) in [5.41, 5.74) is 3.48. The molecule has 0 fully saturated rings. The van der Waals surface area contributed by atoms with E-state index in [1.807, 2.05) is 54.6 Å². The summed E-state index contributed by atoms with van der Waals surface area (Å²) in [7, 11) is 0. The molecule has 0 radical (unpaired) electrons. The molecule has 6 nitrogen and oxygen atoms in total. The fourth-order valence-electron chi connectivity index (χ4n) is 3.01. The number of rotatable bonds is 8. The second-order valence-corrected chi connectivity index (χ2v) is 6.47. The van der Waals surface area contributed by atoms with E-state index in [4.69, 9.17) is 0 Å². The number of hydrogen-bond donors (Lipinski definition) is 2. The van der Waals surface area contributed by atoms with Gasteiger partial charge in [-0.05, 0) is 48.2 Å². The number of carbonyl (C=O) groups is 1. The van der Waals surface area contributed by atoms with Crippen LogP contribution in [0.5, 0.6) is 0 Å². The minimum Gasteiger partial charge on any atom is -0.481 e. The lowest BCUT2D eigenvalue weighted by Gasteiger charge is -2.14. The maximum Gasteiger partial charge on any atom is 0.310 e. The third-order valence-corrected chi connectivity index (χ3v) is 4.54. The topological polar surface area (TPSA) is 92.5 Å². The van der Waals surface area contributed by atoms with Gasteiger partial charge in [-0.1, -0.05) is 42.5 Å². The van der Waals surface area contributed by atoms with Gasteiger partial charge in [-0.3, -0.25) is 14.9 Å². The number of carboxylic acids is 1. The number of non-ortho nitro benzene ring substituents is 1. The Bertz CT molecular complexity index is 939. The van der Waals surface area contributed by atoms with E-state index in [9.17, 15) is 20.0 Å². The summed E-state index contributed by atoms with van der Waals surface area (Å²) < 4.78 is 0. The smallest absolute Gasteiger partial charge is 0.310 e. The van der Waals surface area contributed by atoms with Gasteiger partial charge >= 0.3 is 5.97 Å². The van der Waals surface area contributed by atoms with Gasteiger partial charge in [0.2, 0.25) is 0 Å². The molecular formula is C22H20N2O4. The molecule has 6 heteroatoms. The number of nitro benzene ring substituents is 1. The zero-order chi connectivity index (χ0) is 19.9. The Balaban J connectivity index is 1.66. The first-order chi connectivity index (χ1) is 13.5. The first-order valence-corrected chi connectivity index (χ1v) is 8.91. The highest BCUT2D eigenvalue weighted by molar-refractivity contribution is 5.76. The molecule has 0 aromatic heterocycles. The quantitative estimate of drug-likeness (QED) is 0.419. The highest BCUT2D eigenvalue weighted by Gasteiger charge is 2.20. The first kappa shape index (κ1) is 19.1. The molecule has 3 aromatic carbocycles. The van der Waals surface area contributed by atoms with Gasteiger partial charge in [-0.15, -0.1) is 0 Å². The fraction of sp³-hybridized carbons (Fsp3) is 0.136. The Hall–Kier alpha value is -3.67. The zero-order valence-electron chi connectivity index (χ0n) is 15.1. The fourth-order valence-corrected chi connectivity index (χ4v) is 3.01. The molecule has 0 heterocycles. The van der Waals surface area contributed by atoms with Crippen LogP contribution in [0, 0.1) is 10.1 Å². The predicted molar refractivity (Wildman–Crippen MR) is 108 cm³/mol. The summed E-state index contributed by atoms with van der Waals surface area (Å²) in [6.45, 7) is 0. The van der Waals surface area contributed by atoms with Crippen LogP contribution in [0.1, 0.15) is 23.5 Å². The van der Waals surface area contributed by atoms with E-state index in [0.29, 0.717) is 12.8 Å². The second kappa shape index (κ2) is 8.81. The Morgan fingerprint density at radius 1 is 0.929 bits per heavy atom. The van der Waals surface area contributed by atoms with E-state index in [1.165, 1.54) is 12.1 Å². The zero-order valence-corrected chi connectivity index (χ0v) is 15.1. The lowest BCUT2D eigenvalue weighted by atomic mass is 9.92. The number of nitro groups is 1. The largest absolute Gasteiger partial charge is 0.481 e. The molecule has 0 saturated heterocycles. The van der Waals surface area contributed by atoms with Crippen molar-refractivity contribution in [2.75, 3.05) is 5.32 Å². The normalized spacial score (nSPS) is 11.6. The molecule has 1 atom stereocenters. The van der Waals surface area contributed by atoms with Crippen molar-refractivity contribution in [2.45, 2.75) is 18.8 Å². The average molecular weight is 376 g/mol. The van der Waals surface area contributed by atoms with Crippen molar-refractivity contribution in [2.24, 2.45) is 0 Å². The predicted octanol–water partition coefficient (Wildman–Crippen LogP) is 5.14. The van der Waals surface area contributed by atoms with E-state index in [1.54, 1.807) is 12.1 Å². The average Bonchev–Trinajstić information content (AvgIpc) is 2.70. The van der Waals surface area contributed by atoms with Crippen LogP contribution < -0.4 is 5.32 Å². The van der Waals surface area contributed by atoms with Gasteiger partial charge in [0, 0.05) is 23.5 Å². The molecule has 2 N–H and O–H groups in total. The van der Waals surface area contributed by atoms with Gasteiger partial charge in [0.1, 0.15) is 0 Å². The first-order valence-electron chi connectivity index (χ1n) is 8.91. The molecule has 0 spiro atoms. The van der Waals surface area contributed by atoms with E-state index >= 15 is 0 Å². The molecule has 0 aliphatic carbocycles. The number of hydrogen-bond acceptors (Lipinski definition) is 4. The van der Waals surface area contributed by atoms with Gasteiger partial charge in [0.05, 0.1) is 10.8 Å². The maximum atomic E-state index is 11.7. The summed E-state index contributed by atoms with van der Waals surface area (Å²) in [6.07, 6.45) is 0.942. The third-order valence-electron chi connectivity index (χ3n) is 4.54. The number of para-hydroxylation sites is 1. The van der Waals surface area contributed by atoms with Gasteiger partial charge in [-0.25, -0.2) is 0 Å². The van der Waals surface area contributed by atoms with E-state index in [-0.39, 0.29) is 5.69 Å². The Morgan fingerprint density at radius 3 is 2.11 bits per heavy atom. The molecule has 142 valence electrons. The Morgan fingerprint density at radius 2 is 1.54 bits per heavy atom. The molecule has 0 aliphatic heterocycles. The lowest BCUT2D eigenvalue weighted by molar-refractivity contribution is -0.384. The SMILES string of the molecule is O=C(O)C(CCc1ccc([N+](=O)[O-])cc1)c1ccc(Nc2ccccc2)cc1. The van der Waals surface area contributed by atoms with Crippen LogP contribution in [0.3, 0.4) is 0 Å². The number of carboxylic acid groups (broad SMARTS) is 1. The summed E-state index contributed by atoms with van der Waals surface area (Å²) in [6, 6.07) is 23.3. The Kier molecular flexibility index (Phi) is 6.01. The van der Waals surface area contributed by atoms with Gasteiger partial charge in [-0.2, -0.15) is 0 Å². The molecule has 0 bridgehead atoms. The number of nitrogens with zero attached hydrogens (tertiary/aromatic N) is 1.